The number of aromatic amines is 1. The molecule has 4 rings (SSSR count). The van der Waals surface area contributed by atoms with Crippen LogP contribution in [0, 0.1) is 10.1 Å². The number of benzene rings is 3. The Morgan fingerprint density at radius 1 is 0.966 bits per heavy atom. The fourth-order valence-electron chi connectivity index (χ4n) is 3.02. The average molecular weight is 408 g/mol. The molecule has 1 aromatic heterocycles. The number of hydrogen-bond donors (Lipinski definition) is 2. The van der Waals surface area contributed by atoms with Gasteiger partial charge in [-0.2, -0.15) is 0 Å². The third-order valence-corrected chi connectivity index (χ3v) is 5.80. The molecule has 0 amide bonds. The minimum Gasteiger partial charge on any atom is -0.342 e. The van der Waals surface area contributed by atoms with Crippen molar-refractivity contribution in [2.75, 3.05) is 4.72 Å². The summed E-state index contributed by atoms with van der Waals surface area (Å²) in [6, 6.07) is 19.8. The fraction of sp³-hybridized carbons (Fsp3) is 0.0500. The molecule has 4 aromatic rings. The van der Waals surface area contributed by atoms with Gasteiger partial charge in [-0.15, -0.1) is 0 Å². The molecule has 8 nitrogen and oxygen atoms in total. The quantitative estimate of drug-likeness (QED) is 0.371. The Labute approximate surface area is 166 Å². The summed E-state index contributed by atoms with van der Waals surface area (Å²) in [5, 5.41) is 11.1. The summed E-state index contributed by atoms with van der Waals surface area (Å²) in [6.45, 7) is 0. The highest BCUT2D eigenvalue weighted by Gasteiger charge is 2.25. The molecule has 0 saturated heterocycles. The average Bonchev–Trinajstić information content (AvgIpc) is 3.11. The first-order valence-corrected chi connectivity index (χ1v) is 10.2. The van der Waals surface area contributed by atoms with Crippen molar-refractivity contribution in [3.63, 3.8) is 0 Å². The van der Waals surface area contributed by atoms with Gasteiger partial charge in [0, 0.05) is 18.2 Å². The van der Waals surface area contributed by atoms with Crippen molar-refractivity contribution in [1.29, 1.82) is 0 Å². The lowest BCUT2D eigenvalue weighted by Crippen LogP contribution is -2.14. The number of para-hydroxylation sites is 3. The molecule has 3 aromatic carbocycles. The van der Waals surface area contributed by atoms with E-state index in [0.717, 1.165) is 28.5 Å². The van der Waals surface area contributed by atoms with Crippen LogP contribution in [0.4, 0.5) is 11.4 Å². The molecule has 146 valence electrons. The number of sulfonamides is 1. The Bertz CT molecular complexity index is 1260. The zero-order chi connectivity index (χ0) is 20.4. The number of H-pyrrole nitrogens is 1. The van der Waals surface area contributed by atoms with Crippen LogP contribution in [-0.2, 0) is 16.4 Å². The summed E-state index contributed by atoms with van der Waals surface area (Å²) in [5.74, 6) is 0.805. The summed E-state index contributed by atoms with van der Waals surface area (Å²) in [6.07, 6.45) is 0.561. The highest BCUT2D eigenvalue weighted by Crippen LogP contribution is 2.25. The summed E-state index contributed by atoms with van der Waals surface area (Å²) < 4.78 is 27.5. The van der Waals surface area contributed by atoms with Gasteiger partial charge in [-0.3, -0.25) is 14.8 Å². The maximum atomic E-state index is 12.6. The van der Waals surface area contributed by atoms with E-state index in [1.165, 1.54) is 18.2 Å². The molecule has 0 saturated carbocycles. The van der Waals surface area contributed by atoms with Gasteiger partial charge in [0.05, 0.1) is 16.0 Å². The van der Waals surface area contributed by atoms with Gasteiger partial charge in [0.2, 0.25) is 0 Å². The lowest BCUT2D eigenvalue weighted by molar-refractivity contribution is -0.387. The molecule has 0 aliphatic rings. The van der Waals surface area contributed by atoms with Crippen molar-refractivity contribution in [2.24, 2.45) is 0 Å². The van der Waals surface area contributed by atoms with E-state index in [9.17, 15) is 18.5 Å². The number of imidazole rings is 1. The molecular weight excluding hydrogens is 392 g/mol. The highest BCUT2D eigenvalue weighted by atomic mass is 32.2. The van der Waals surface area contributed by atoms with E-state index in [2.05, 4.69) is 14.7 Å². The minimum atomic E-state index is -4.09. The van der Waals surface area contributed by atoms with Crippen molar-refractivity contribution in [2.45, 2.75) is 11.3 Å². The van der Waals surface area contributed by atoms with Gasteiger partial charge in [0.1, 0.15) is 5.82 Å². The topological polar surface area (TPSA) is 118 Å². The van der Waals surface area contributed by atoms with Crippen LogP contribution in [0.3, 0.4) is 0 Å². The molecule has 9 heteroatoms. The first kappa shape index (κ1) is 18.6. The number of fused-ring (bicyclic) bond motifs is 1. The summed E-state index contributed by atoms with van der Waals surface area (Å²) >= 11 is 0. The maximum absolute atomic E-state index is 12.6. The maximum Gasteiger partial charge on any atom is 0.289 e. The Hall–Kier alpha value is -3.72. The molecule has 0 bridgehead atoms. The summed E-state index contributed by atoms with van der Waals surface area (Å²) in [4.78, 5) is 17.8. The molecule has 0 spiro atoms. The second kappa shape index (κ2) is 7.36. The Morgan fingerprint density at radius 3 is 2.38 bits per heavy atom. The lowest BCUT2D eigenvalue weighted by atomic mass is 10.1. The van der Waals surface area contributed by atoms with Gasteiger partial charge in [0.15, 0.2) is 4.90 Å². The van der Waals surface area contributed by atoms with Crippen LogP contribution >= 0.6 is 0 Å². The Balaban J connectivity index is 1.53. The molecule has 29 heavy (non-hydrogen) atoms. The lowest BCUT2D eigenvalue weighted by Gasteiger charge is -2.09. The first-order chi connectivity index (χ1) is 13.9. The number of hydrogen-bond acceptors (Lipinski definition) is 5. The molecule has 0 radical (unpaired) electrons. The molecule has 1 heterocycles. The molecule has 0 aliphatic carbocycles. The van der Waals surface area contributed by atoms with Gasteiger partial charge >= 0.3 is 0 Å². The molecule has 2 N–H and O–H groups in total. The van der Waals surface area contributed by atoms with E-state index in [-0.39, 0.29) is 4.90 Å². The third-order valence-electron chi connectivity index (χ3n) is 4.37. The summed E-state index contributed by atoms with van der Waals surface area (Å²) in [5.41, 5.74) is 2.63. The second-order valence-electron chi connectivity index (χ2n) is 6.40. The molecule has 0 aliphatic heterocycles. The van der Waals surface area contributed by atoms with Crippen LogP contribution in [0.15, 0.2) is 77.7 Å². The van der Waals surface area contributed by atoms with Crippen molar-refractivity contribution in [1.82, 2.24) is 9.97 Å². The Kier molecular flexibility index (Phi) is 4.73. The van der Waals surface area contributed by atoms with Gasteiger partial charge in [-0.05, 0) is 35.9 Å². The number of rotatable bonds is 6. The molecule has 0 fully saturated rings. The number of nitrogens with zero attached hydrogens (tertiary/aromatic N) is 2. The number of nitrogens with one attached hydrogen (secondary N) is 2. The fourth-order valence-corrected chi connectivity index (χ4v) is 4.25. The van der Waals surface area contributed by atoms with Crippen molar-refractivity contribution < 1.29 is 13.3 Å². The van der Waals surface area contributed by atoms with Crippen LogP contribution in [-0.4, -0.2) is 23.3 Å². The minimum absolute atomic E-state index is 0.316. The molecular formula is C20H16N4O4S. The third kappa shape index (κ3) is 3.94. The zero-order valence-corrected chi connectivity index (χ0v) is 15.9. The van der Waals surface area contributed by atoms with Crippen molar-refractivity contribution in [3.05, 3.63) is 94.3 Å². The second-order valence-corrected chi connectivity index (χ2v) is 8.06. The van der Waals surface area contributed by atoms with E-state index in [0.29, 0.717) is 12.1 Å². The van der Waals surface area contributed by atoms with Crippen LogP contribution in [0.1, 0.15) is 11.4 Å². The predicted octanol–water partition coefficient (Wildman–Crippen LogP) is 3.86. The number of nitro benzene ring substituents is 1. The zero-order valence-electron chi connectivity index (χ0n) is 15.1. The number of aromatic nitrogens is 2. The summed E-state index contributed by atoms with van der Waals surface area (Å²) in [7, 11) is -4.09. The smallest absolute Gasteiger partial charge is 0.289 e. The van der Waals surface area contributed by atoms with E-state index < -0.39 is 20.6 Å². The SMILES string of the molecule is O=[N+]([O-])c1ccccc1S(=O)(=O)Nc1ccc(Cc2nc3ccccc3[nH]2)cc1. The first-order valence-electron chi connectivity index (χ1n) is 8.71. The van der Waals surface area contributed by atoms with E-state index in [4.69, 9.17) is 0 Å². The van der Waals surface area contributed by atoms with Crippen LogP contribution in [0.25, 0.3) is 11.0 Å². The van der Waals surface area contributed by atoms with Gasteiger partial charge in [-0.1, -0.05) is 36.4 Å². The normalized spacial score (nSPS) is 11.4. The van der Waals surface area contributed by atoms with Crippen LogP contribution in [0.2, 0.25) is 0 Å². The monoisotopic (exact) mass is 408 g/mol. The van der Waals surface area contributed by atoms with Crippen LogP contribution < -0.4 is 4.72 Å². The van der Waals surface area contributed by atoms with Crippen LogP contribution in [0.5, 0.6) is 0 Å². The highest BCUT2D eigenvalue weighted by molar-refractivity contribution is 7.92. The standard InChI is InChI=1S/C20H16N4O4S/c25-24(26)18-7-3-4-8-19(18)29(27,28)23-15-11-9-14(10-12-15)13-20-21-16-5-1-2-6-17(16)22-20/h1-12,23H,13H2,(H,21,22). The van der Waals surface area contributed by atoms with E-state index in [1.54, 1.807) is 24.3 Å². The molecule has 0 atom stereocenters. The largest absolute Gasteiger partial charge is 0.342 e. The van der Waals surface area contributed by atoms with Crippen molar-refractivity contribution in [3.8, 4) is 0 Å². The number of anilines is 1. The number of nitro groups is 1. The van der Waals surface area contributed by atoms with Gasteiger partial charge in [-0.25, -0.2) is 13.4 Å². The molecule has 0 unspecified atom stereocenters. The van der Waals surface area contributed by atoms with Gasteiger partial charge < -0.3 is 4.98 Å². The van der Waals surface area contributed by atoms with Gasteiger partial charge in [0.25, 0.3) is 15.7 Å². The van der Waals surface area contributed by atoms with E-state index in [1.807, 2.05) is 24.3 Å². The van der Waals surface area contributed by atoms with Crippen molar-refractivity contribution >= 4 is 32.4 Å². The van der Waals surface area contributed by atoms with E-state index >= 15 is 0 Å². The Morgan fingerprint density at radius 2 is 1.66 bits per heavy atom. The predicted molar refractivity (Wildman–Crippen MR) is 109 cm³/mol.